The maximum absolute atomic E-state index is 11.8. The summed E-state index contributed by atoms with van der Waals surface area (Å²) in [4.78, 5) is 11.8. The molecule has 0 aromatic heterocycles. The Hall–Kier alpha value is -0.570. The number of unbranched alkanes of at least 4 members (excludes halogenated alkanes) is 1. The summed E-state index contributed by atoms with van der Waals surface area (Å²) in [5, 5.41) is 0. The largest absolute Gasteiger partial charge is 0.465 e. The van der Waals surface area contributed by atoms with Crippen LogP contribution < -0.4 is 5.73 Å². The smallest absolute Gasteiger partial charge is 0.309 e. The molecule has 1 fully saturated rings. The predicted octanol–water partition coefficient (Wildman–Crippen LogP) is 2.09. The van der Waals surface area contributed by atoms with E-state index >= 15 is 0 Å². The summed E-state index contributed by atoms with van der Waals surface area (Å²) >= 11 is 0. The fourth-order valence-electron chi connectivity index (χ4n) is 2.22. The monoisotopic (exact) mass is 213 g/mol. The van der Waals surface area contributed by atoms with Gasteiger partial charge in [0.05, 0.1) is 12.5 Å². The number of rotatable bonds is 5. The molecule has 0 aliphatic heterocycles. The van der Waals surface area contributed by atoms with Crippen LogP contribution in [0.2, 0.25) is 0 Å². The van der Waals surface area contributed by atoms with E-state index < -0.39 is 0 Å². The Bertz CT molecular complexity index is 194. The highest BCUT2D eigenvalue weighted by Crippen LogP contribution is 2.30. The van der Waals surface area contributed by atoms with Crippen molar-refractivity contribution in [2.75, 3.05) is 13.2 Å². The third-order valence-corrected chi connectivity index (χ3v) is 3.26. The summed E-state index contributed by atoms with van der Waals surface area (Å²) < 4.78 is 5.26. The Kier molecular flexibility index (Phi) is 5.69. The Morgan fingerprint density at radius 2 is 2.13 bits per heavy atom. The molecular formula is C12H23NO2. The number of hydrogen-bond donors (Lipinski definition) is 1. The Morgan fingerprint density at radius 3 is 2.80 bits per heavy atom. The van der Waals surface area contributed by atoms with Crippen LogP contribution in [-0.2, 0) is 9.53 Å². The molecule has 0 amide bonds. The van der Waals surface area contributed by atoms with Crippen molar-refractivity contribution < 1.29 is 9.53 Å². The first kappa shape index (κ1) is 12.5. The Morgan fingerprint density at radius 1 is 1.40 bits per heavy atom. The van der Waals surface area contributed by atoms with E-state index in [0.717, 1.165) is 32.1 Å². The van der Waals surface area contributed by atoms with E-state index in [2.05, 4.69) is 6.92 Å². The van der Waals surface area contributed by atoms with Crippen molar-refractivity contribution in [2.45, 2.75) is 45.4 Å². The van der Waals surface area contributed by atoms with Gasteiger partial charge in [-0.25, -0.2) is 0 Å². The summed E-state index contributed by atoms with van der Waals surface area (Å²) in [6, 6.07) is 0. The van der Waals surface area contributed by atoms with Crippen LogP contribution in [0.15, 0.2) is 0 Å². The van der Waals surface area contributed by atoms with Crippen LogP contribution in [0.1, 0.15) is 45.4 Å². The highest BCUT2D eigenvalue weighted by Gasteiger charge is 2.30. The highest BCUT2D eigenvalue weighted by molar-refractivity contribution is 5.72. The predicted molar refractivity (Wildman–Crippen MR) is 60.4 cm³/mol. The Labute approximate surface area is 92.4 Å². The zero-order valence-electron chi connectivity index (χ0n) is 9.71. The normalized spacial score (nSPS) is 26.3. The van der Waals surface area contributed by atoms with Gasteiger partial charge in [0.15, 0.2) is 0 Å². The molecule has 0 aromatic rings. The number of hydrogen-bond acceptors (Lipinski definition) is 3. The van der Waals surface area contributed by atoms with E-state index in [1.807, 2.05) is 0 Å². The van der Waals surface area contributed by atoms with E-state index in [1.165, 1.54) is 6.42 Å². The molecule has 1 aliphatic rings. The molecule has 88 valence electrons. The second-order valence-corrected chi connectivity index (χ2v) is 4.41. The molecule has 3 nitrogen and oxygen atoms in total. The van der Waals surface area contributed by atoms with Crippen molar-refractivity contribution in [3.05, 3.63) is 0 Å². The van der Waals surface area contributed by atoms with Gasteiger partial charge in [0.2, 0.25) is 0 Å². The second kappa shape index (κ2) is 6.83. The average Bonchev–Trinajstić information content (AvgIpc) is 2.29. The minimum absolute atomic E-state index is 0.0152. The van der Waals surface area contributed by atoms with Crippen molar-refractivity contribution in [3.8, 4) is 0 Å². The van der Waals surface area contributed by atoms with Gasteiger partial charge >= 0.3 is 5.97 Å². The highest BCUT2D eigenvalue weighted by atomic mass is 16.5. The fourth-order valence-corrected chi connectivity index (χ4v) is 2.22. The molecule has 0 aromatic carbocycles. The average molecular weight is 213 g/mol. The molecule has 0 radical (unpaired) electrons. The summed E-state index contributed by atoms with van der Waals surface area (Å²) in [5.41, 5.74) is 5.68. The molecule has 2 atom stereocenters. The lowest BCUT2D eigenvalue weighted by atomic mass is 9.79. The first-order valence-electron chi connectivity index (χ1n) is 6.16. The third-order valence-electron chi connectivity index (χ3n) is 3.26. The first-order valence-corrected chi connectivity index (χ1v) is 6.16. The SMILES string of the molecule is CCCCOC(=O)C1CCCCC1CN. The van der Waals surface area contributed by atoms with Gasteiger partial charge in [0, 0.05) is 0 Å². The minimum Gasteiger partial charge on any atom is -0.465 e. The number of carbonyl (C=O) groups excluding carboxylic acids is 1. The number of nitrogens with two attached hydrogens (primary N) is 1. The van der Waals surface area contributed by atoms with Crippen LogP contribution in [0.25, 0.3) is 0 Å². The van der Waals surface area contributed by atoms with Crippen molar-refractivity contribution in [2.24, 2.45) is 17.6 Å². The molecule has 1 saturated carbocycles. The van der Waals surface area contributed by atoms with E-state index in [0.29, 0.717) is 19.1 Å². The van der Waals surface area contributed by atoms with Crippen LogP contribution >= 0.6 is 0 Å². The maximum Gasteiger partial charge on any atom is 0.309 e. The quantitative estimate of drug-likeness (QED) is 0.562. The number of carbonyl (C=O) groups is 1. The maximum atomic E-state index is 11.8. The van der Waals surface area contributed by atoms with Crippen molar-refractivity contribution in [1.82, 2.24) is 0 Å². The molecule has 1 aliphatic carbocycles. The zero-order valence-corrected chi connectivity index (χ0v) is 9.71. The van der Waals surface area contributed by atoms with Gasteiger partial charge in [-0.1, -0.05) is 26.2 Å². The van der Waals surface area contributed by atoms with Gasteiger partial charge in [-0.15, -0.1) is 0 Å². The number of esters is 1. The summed E-state index contributed by atoms with van der Waals surface area (Å²) in [6.07, 6.45) is 6.44. The Balaban J connectivity index is 2.34. The van der Waals surface area contributed by atoms with E-state index in [9.17, 15) is 4.79 Å². The molecule has 0 bridgehead atoms. The summed E-state index contributed by atoms with van der Waals surface area (Å²) in [7, 11) is 0. The van der Waals surface area contributed by atoms with Crippen LogP contribution in [-0.4, -0.2) is 19.1 Å². The van der Waals surface area contributed by atoms with Crippen molar-refractivity contribution in [3.63, 3.8) is 0 Å². The van der Waals surface area contributed by atoms with E-state index in [-0.39, 0.29) is 11.9 Å². The lowest BCUT2D eigenvalue weighted by molar-refractivity contribution is -0.151. The molecule has 0 heterocycles. The fraction of sp³-hybridized carbons (Fsp3) is 0.917. The standard InChI is InChI=1S/C12H23NO2/c1-2-3-8-15-12(14)11-7-5-4-6-10(11)9-13/h10-11H,2-9,13H2,1H3. The zero-order chi connectivity index (χ0) is 11.1. The van der Waals surface area contributed by atoms with Gasteiger partial charge in [-0.3, -0.25) is 4.79 Å². The van der Waals surface area contributed by atoms with Gasteiger partial charge < -0.3 is 10.5 Å². The van der Waals surface area contributed by atoms with Crippen LogP contribution in [0, 0.1) is 11.8 Å². The van der Waals surface area contributed by atoms with E-state index in [4.69, 9.17) is 10.5 Å². The molecule has 3 heteroatoms. The molecule has 1 rings (SSSR count). The van der Waals surface area contributed by atoms with Crippen LogP contribution in [0.3, 0.4) is 0 Å². The van der Waals surface area contributed by atoms with Crippen molar-refractivity contribution in [1.29, 1.82) is 0 Å². The first-order chi connectivity index (χ1) is 7.29. The molecule has 0 saturated heterocycles. The van der Waals surface area contributed by atoms with E-state index in [1.54, 1.807) is 0 Å². The van der Waals surface area contributed by atoms with Gasteiger partial charge in [0.1, 0.15) is 0 Å². The lowest BCUT2D eigenvalue weighted by Crippen LogP contribution is -2.33. The van der Waals surface area contributed by atoms with Crippen LogP contribution in [0.4, 0.5) is 0 Å². The van der Waals surface area contributed by atoms with Gasteiger partial charge in [-0.2, -0.15) is 0 Å². The van der Waals surface area contributed by atoms with Gasteiger partial charge in [0.25, 0.3) is 0 Å². The lowest BCUT2D eigenvalue weighted by Gasteiger charge is -2.28. The topological polar surface area (TPSA) is 52.3 Å². The molecule has 2 N–H and O–H groups in total. The summed E-state index contributed by atoms with van der Waals surface area (Å²) in [5.74, 6) is 0.409. The molecule has 2 unspecified atom stereocenters. The third kappa shape index (κ3) is 3.82. The molecule has 0 spiro atoms. The molecule has 15 heavy (non-hydrogen) atoms. The minimum atomic E-state index is -0.0152. The van der Waals surface area contributed by atoms with Crippen LogP contribution in [0.5, 0.6) is 0 Å². The van der Waals surface area contributed by atoms with Gasteiger partial charge in [-0.05, 0) is 31.7 Å². The number of ether oxygens (including phenoxy) is 1. The second-order valence-electron chi connectivity index (χ2n) is 4.41. The molecular weight excluding hydrogens is 190 g/mol. The van der Waals surface area contributed by atoms with Crippen molar-refractivity contribution >= 4 is 5.97 Å². The summed E-state index contributed by atoms with van der Waals surface area (Å²) in [6.45, 7) is 3.29.